The van der Waals surface area contributed by atoms with Gasteiger partial charge in [0.15, 0.2) is 0 Å². The van der Waals surface area contributed by atoms with E-state index in [1.165, 1.54) is 0 Å². The summed E-state index contributed by atoms with van der Waals surface area (Å²) in [7, 11) is 0. The molecule has 1 unspecified atom stereocenters. The summed E-state index contributed by atoms with van der Waals surface area (Å²) >= 11 is 4.74. The highest BCUT2D eigenvalue weighted by Crippen LogP contribution is 1.67. The summed E-state index contributed by atoms with van der Waals surface area (Å²) in [5.74, 6) is -1.29. The van der Waals surface area contributed by atoms with Crippen LogP contribution in [0.4, 0.5) is 0 Å². The first kappa shape index (κ1) is 9.50. The number of hydrogen-bond acceptors (Lipinski definition) is 1. The van der Waals surface area contributed by atoms with Gasteiger partial charge >= 0.3 is 5.97 Å². The van der Waals surface area contributed by atoms with Gasteiger partial charge in [0.2, 0.25) is 0 Å². The minimum absolute atomic E-state index is 0. The number of aliphatic carboxylic acids is 1. The van der Waals surface area contributed by atoms with Gasteiger partial charge in [0, 0.05) is 0 Å². The second-order valence-electron chi connectivity index (χ2n) is 0.527. The van der Waals surface area contributed by atoms with Crippen LogP contribution < -0.4 is 0 Å². The molecule has 0 saturated carbocycles. The molecule has 0 aliphatic heterocycles. The SMILES string of the molecule is O=C(O)CCl.P. The molecule has 0 saturated heterocycles. The maximum Gasteiger partial charge on any atom is 0.318 e. The third-order valence-electron chi connectivity index (χ3n) is 0.114. The molecule has 1 atom stereocenters. The van der Waals surface area contributed by atoms with Crippen molar-refractivity contribution in [3.8, 4) is 0 Å². The fourth-order valence-electron chi connectivity index (χ4n) is 0. The topological polar surface area (TPSA) is 37.3 Å². The second-order valence-corrected chi connectivity index (χ2v) is 0.795. The molecular weight excluding hydrogens is 122 g/mol. The van der Waals surface area contributed by atoms with Gasteiger partial charge < -0.3 is 5.11 Å². The zero-order chi connectivity index (χ0) is 4.28. The van der Waals surface area contributed by atoms with Crippen molar-refractivity contribution in [3.63, 3.8) is 0 Å². The van der Waals surface area contributed by atoms with E-state index < -0.39 is 5.97 Å². The number of carboxylic acid groups (broad SMARTS) is 1. The molecule has 0 aromatic heterocycles. The summed E-state index contributed by atoms with van der Waals surface area (Å²) in [4.78, 5) is 9.24. The van der Waals surface area contributed by atoms with Crippen LogP contribution in [-0.4, -0.2) is 17.0 Å². The number of hydrogen-bond donors (Lipinski definition) is 1. The molecule has 0 heterocycles. The molecular formula is C2H6ClO2P. The van der Waals surface area contributed by atoms with Crippen LogP contribution in [0.5, 0.6) is 0 Å². The smallest absolute Gasteiger partial charge is 0.318 e. The quantitative estimate of drug-likeness (QED) is 0.409. The average molecular weight is 128 g/mol. The van der Waals surface area contributed by atoms with Crippen LogP contribution in [0.25, 0.3) is 0 Å². The van der Waals surface area contributed by atoms with Crippen LogP contribution in [0.15, 0.2) is 0 Å². The summed E-state index contributed by atoms with van der Waals surface area (Å²) in [6, 6.07) is 0. The van der Waals surface area contributed by atoms with Gasteiger partial charge in [-0.05, 0) is 0 Å². The molecule has 0 aromatic carbocycles. The molecule has 0 spiro atoms. The van der Waals surface area contributed by atoms with Gasteiger partial charge in [-0.1, -0.05) is 0 Å². The Morgan fingerprint density at radius 3 is 2.00 bits per heavy atom. The Morgan fingerprint density at radius 2 is 2.00 bits per heavy atom. The Balaban J connectivity index is 0. The maximum absolute atomic E-state index is 9.24. The van der Waals surface area contributed by atoms with E-state index >= 15 is 0 Å². The minimum Gasteiger partial charge on any atom is -0.480 e. The molecule has 4 heteroatoms. The van der Waals surface area contributed by atoms with Crippen LogP contribution >= 0.6 is 21.5 Å². The zero-order valence-corrected chi connectivity index (χ0v) is 5.32. The molecule has 0 aliphatic carbocycles. The first-order valence-electron chi connectivity index (χ1n) is 1.05. The first-order valence-corrected chi connectivity index (χ1v) is 1.58. The maximum atomic E-state index is 9.24. The lowest BCUT2D eigenvalue weighted by Crippen LogP contribution is -1.92. The normalized spacial score (nSPS) is 6.17. The molecule has 1 N–H and O–H groups in total. The molecule has 6 heavy (non-hydrogen) atoms. The zero-order valence-electron chi connectivity index (χ0n) is 3.15. The standard InChI is InChI=1S/C2H3ClO2.H3P/c3-1-2(4)5;/h1H2,(H,4,5);1H3. The Bertz CT molecular complexity index is 46.8. The number of carbonyl (C=O) groups is 1. The van der Waals surface area contributed by atoms with Crippen molar-refractivity contribution in [1.82, 2.24) is 0 Å². The lowest BCUT2D eigenvalue weighted by molar-refractivity contribution is -0.134. The fourth-order valence-corrected chi connectivity index (χ4v) is 0. The minimum atomic E-state index is -0.980. The summed E-state index contributed by atoms with van der Waals surface area (Å²) in [6.07, 6.45) is 0. The Morgan fingerprint density at radius 1 is 1.83 bits per heavy atom. The van der Waals surface area contributed by atoms with Gasteiger partial charge in [-0.3, -0.25) is 4.79 Å². The largest absolute Gasteiger partial charge is 0.480 e. The predicted octanol–water partition coefficient (Wildman–Crippen LogP) is 0.368. The molecule has 0 aliphatic rings. The molecule has 0 amide bonds. The summed E-state index contributed by atoms with van der Waals surface area (Å²) < 4.78 is 0. The lowest BCUT2D eigenvalue weighted by atomic mass is 10.8. The van der Waals surface area contributed by atoms with Gasteiger partial charge in [-0.2, -0.15) is 9.90 Å². The van der Waals surface area contributed by atoms with E-state index in [9.17, 15) is 4.79 Å². The van der Waals surface area contributed by atoms with Gasteiger partial charge in [-0.25, -0.2) is 0 Å². The van der Waals surface area contributed by atoms with E-state index in [2.05, 4.69) is 0 Å². The molecule has 0 fully saturated rings. The first-order chi connectivity index (χ1) is 2.27. The van der Waals surface area contributed by atoms with Gasteiger partial charge in [0.05, 0.1) is 0 Å². The number of halogens is 1. The van der Waals surface area contributed by atoms with Crippen molar-refractivity contribution in [2.24, 2.45) is 0 Å². The molecule has 0 aromatic rings. The lowest BCUT2D eigenvalue weighted by Gasteiger charge is -1.69. The Labute approximate surface area is 44.1 Å². The molecule has 0 bridgehead atoms. The van der Waals surface area contributed by atoms with E-state index in [1.807, 2.05) is 0 Å². The van der Waals surface area contributed by atoms with E-state index in [-0.39, 0.29) is 15.8 Å². The van der Waals surface area contributed by atoms with Crippen molar-refractivity contribution in [2.45, 2.75) is 0 Å². The highest BCUT2D eigenvalue weighted by atomic mass is 35.5. The third kappa shape index (κ3) is 8.89. The number of carboxylic acids is 1. The van der Waals surface area contributed by atoms with Crippen molar-refractivity contribution in [2.75, 3.05) is 5.88 Å². The van der Waals surface area contributed by atoms with Gasteiger partial charge in [0.1, 0.15) is 5.88 Å². The Hall–Kier alpha value is 0.190. The molecule has 2 nitrogen and oxygen atoms in total. The number of rotatable bonds is 1. The van der Waals surface area contributed by atoms with Crippen LogP contribution in [0.2, 0.25) is 0 Å². The van der Waals surface area contributed by atoms with Crippen LogP contribution in [0.1, 0.15) is 0 Å². The van der Waals surface area contributed by atoms with E-state index in [1.54, 1.807) is 0 Å². The third-order valence-corrected chi connectivity index (χ3v) is 0.343. The monoisotopic (exact) mass is 128 g/mol. The van der Waals surface area contributed by atoms with E-state index in [4.69, 9.17) is 16.7 Å². The average Bonchev–Trinajstić information content (AvgIpc) is 1.38. The molecule has 38 valence electrons. The fraction of sp³-hybridized carbons (Fsp3) is 0.500. The summed E-state index contributed by atoms with van der Waals surface area (Å²) in [6.45, 7) is 0. The summed E-state index contributed by atoms with van der Waals surface area (Å²) in [5, 5.41) is 7.59. The van der Waals surface area contributed by atoms with Crippen LogP contribution in [0, 0.1) is 0 Å². The van der Waals surface area contributed by atoms with E-state index in [0.717, 1.165) is 0 Å². The second kappa shape index (κ2) is 5.19. The number of alkyl halides is 1. The van der Waals surface area contributed by atoms with Crippen molar-refractivity contribution in [1.29, 1.82) is 0 Å². The van der Waals surface area contributed by atoms with Crippen LogP contribution in [-0.2, 0) is 4.79 Å². The van der Waals surface area contributed by atoms with E-state index in [0.29, 0.717) is 0 Å². The van der Waals surface area contributed by atoms with Crippen molar-refractivity contribution in [3.05, 3.63) is 0 Å². The Kier molecular flexibility index (Phi) is 8.22. The van der Waals surface area contributed by atoms with Gasteiger partial charge in [0.25, 0.3) is 0 Å². The highest BCUT2D eigenvalue weighted by molar-refractivity contribution is 6.92. The van der Waals surface area contributed by atoms with Crippen LogP contribution in [0.3, 0.4) is 0 Å². The molecule has 0 rings (SSSR count). The van der Waals surface area contributed by atoms with Crippen molar-refractivity contribution >= 4 is 27.5 Å². The molecule has 0 radical (unpaired) electrons. The van der Waals surface area contributed by atoms with Crippen molar-refractivity contribution < 1.29 is 9.90 Å². The summed E-state index contributed by atoms with van der Waals surface area (Å²) in [5.41, 5.74) is 0. The predicted molar refractivity (Wildman–Crippen MR) is 29.5 cm³/mol. The van der Waals surface area contributed by atoms with Gasteiger partial charge in [-0.15, -0.1) is 11.6 Å². The highest BCUT2D eigenvalue weighted by Gasteiger charge is 1.83.